The smallest absolute Gasteiger partial charge is 0.261 e. The number of Topliss-reactive ketones (excluding diaryl/α,β-unsaturated/α-hetero) is 1. The van der Waals surface area contributed by atoms with Gasteiger partial charge in [0.15, 0.2) is 11.6 Å². The third-order valence-electron chi connectivity index (χ3n) is 4.72. The molecule has 1 aromatic rings. The van der Waals surface area contributed by atoms with Gasteiger partial charge >= 0.3 is 0 Å². The van der Waals surface area contributed by atoms with Crippen LogP contribution in [0.2, 0.25) is 0 Å². The highest BCUT2D eigenvalue weighted by Crippen LogP contribution is 2.54. The van der Waals surface area contributed by atoms with Crippen molar-refractivity contribution in [3.63, 3.8) is 0 Å². The third-order valence-corrected chi connectivity index (χ3v) is 5.73. The predicted molar refractivity (Wildman–Crippen MR) is 89.1 cm³/mol. The first-order valence-electron chi connectivity index (χ1n) is 7.08. The molecule has 0 unspecified atom stereocenters. The number of carbonyl (C=O) groups is 3. The summed E-state index contributed by atoms with van der Waals surface area (Å²) in [7, 11) is 0. The lowest BCUT2D eigenvalue weighted by molar-refractivity contribution is -0.128. The SMILES string of the molecule is O=C1C=C[C@]23C(c4ccccc4)=C(I)C(=O)N2CC(=O)[C@H]3C1. The molecule has 1 amide bonds. The number of allylic oxidation sites excluding steroid dienone is 1. The first kappa shape index (κ1) is 13.9. The van der Waals surface area contributed by atoms with E-state index in [4.69, 9.17) is 0 Å². The Hall–Kier alpha value is -1.76. The van der Waals surface area contributed by atoms with Crippen molar-refractivity contribution in [2.45, 2.75) is 12.0 Å². The normalized spacial score (nSPS) is 30.1. The Kier molecular flexibility index (Phi) is 2.91. The molecular formula is C17H12INO3. The van der Waals surface area contributed by atoms with E-state index in [0.717, 1.165) is 11.1 Å². The van der Waals surface area contributed by atoms with Gasteiger partial charge in [0.1, 0.15) is 0 Å². The Morgan fingerprint density at radius 1 is 1.14 bits per heavy atom. The first-order valence-corrected chi connectivity index (χ1v) is 8.16. The Bertz CT molecular complexity index is 780. The second kappa shape index (κ2) is 4.62. The van der Waals surface area contributed by atoms with Gasteiger partial charge in [-0.1, -0.05) is 36.4 Å². The third kappa shape index (κ3) is 1.60. The summed E-state index contributed by atoms with van der Waals surface area (Å²) in [5, 5.41) is 0. The van der Waals surface area contributed by atoms with Gasteiger partial charge in [-0.3, -0.25) is 14.4 Å². The van der Waals surface area contributed by atoms with Crippen molar-refractivity contribution >= 4 is 45.6 Å². The minimum Gasteiger partial charge on any atom is -0.317 e. The molecule has 1 aromatic carbocycles. The van der Waals surface area contributed by atoms with Gasteiger partial charge in [-0.25, -0.2) is 0 Å². The van der Waals surface area contributed by atoms with Crippen molar-refractivity contribution in [3.8, 4) is 0 Å². The van der Waals surface area contributed by atoms with Crippen LogP contribution in [-0.4, -0.2) is 34.5 Å². The van der Waals surface area contributed by atoms with Gasteiger partial charge < -0.3 is 4.90 Å². The zero-order chi connectivity index (χ0) is 15.5. The summed E-state index contributed by atoms with van der Waals surface area (Å²) >= 11 is 2.07. The molecule has 0 aromatic heterocycles. The number of nitrogens with zero attached hydrogens (tertiary/aromatic N) is 1. The van der Waals surface area contributed by atoms with Gasteiger partial charge in [0.2, 0.25) is 0 Å². The maximum atomic E-state index is 12.6. The molecule has 0 N–H and O–H groups in total. The number of benzene rings is 1. The van der Waals surface area contributed by atoms with Crippen LogP contribution in [0.5, 0.6) is 0 Å². The highest BCUT2D eigenvalue weighted by molar-refractivity contribution is 14.1. The molecule has 2 atom stereocenters. The van der Waals surface area contributed by atoms with Crippen LogP contribution < -0.4 is 0 Å². The summed E-state index contributed by atoms with van der Waals surface area (Å²) in [6.07, 6.45) is 3.47. The van der Waals surface area contributed by atoms with Gasteiger partial charge in [-0.2, -0.15) is 0 Å². The van der Waals surface area contributed by atoms with Gasteiger partial charge in [0, 0.05) is 12.0 Å². The molecule has 4 nitrogen and oxygen atoms in total. The van der Waals surface area contributed by atoms with Crippen molar-refractivity contribution in [1.29, 1.82) is 0 Å². The van der Waals surface area contributed by atoms with Crippen LogP contribution in [0.4, 0.5) is 0 Å². The Morgan fingerprint density at radius 3 is 2.59 bits per heavy atom. The van der Waals surface area contributed by atoms with E-state index in [0.29, 0.717) is 3.58 Å². The number of halogens is 1. The molecule has 1 spiro atoms. The molecule has 0 radical (unpaired) electrons. The molecule has 2 aliphatic heterocycles. The summed E-state index contributed by atoms with van der Waals surface area (Å²) in [6, 6.07) is 9.65. The molecule has 2 heterocycles. The van der Waals surface area contributed by atoms with E-state index in [1.165, 1.54) is 6.08 Å². The quantitative estimate of drug-likeness (QED) is 0.673. The van der Waals surface area contributed by atoms with Crippen molar-refractivity contribution in [3.05, 3.63) is 51.6 Å². The Morgan fingerprint density at radius 2 is 1.86 bits per heavy atom. The fourth-order valence-electron chi connectivity index (χ4n) is 3.79. The van der Waals surface area contributed by atoms with E-state index in [2.05, 4.69) is 22.6 Å². The van der Waals surface area contributed by atoms with Crippen molar-refractivity contribution < 1.29 is 14.4 Å². The zero-order valence-corrected chi connectivity index (χ0v) is 13.7. The van der Waals surface area contributed by atoms with Gasteiger partial charge in [0.25, 0.3) is 5.91 Å². The van der Waals surface area contributed by atoms with Gasteiger partial charge in [0.05, 0.1) is 21.6 Å². The lowest BCUT2D eigenvalue weighted by Crippen LogP contribution is -2.47. The predicted octanol–water partition coefficient (Wildman–Crippen LogP) is 2.14. The molecule has 0 saturated carbocycles. The lowest BCUT2D eigenvalue weighted by Gasteiger charge is -2.37. The van der Waals surface area contributed by atoms with E-state index in [-0.39, 0.29) is 30.4 Å². The molecule has 110 valence electrons. The summed E-state index contributed by atoms with van der Waals surface area (Å²) in [4.78, 5) is 38.4. The van der Waals surface area contributed by atoms with Crippen LogP contribution >= 0.6 is 22.6 Å². The topological polar surface area (TPSA) is 54.5 Å². The summed E-state index contributed by atoms with van der Waals surface area (Å²) < 4.78 is 0.639. The lowest BCUT2D eigenvalue weighted by atomic mass is 9.71. The van der Waals surface area contributed by atoms with E-state index < -0.39 is 11.5 Å². The molecule has 4 rings (SSSR count). The number of hydrogen-bond acceptors (Lipinski definition) is 3. The van der Waals surface area contributed by atoms with E-state index in [1.54, 1.807) is 11.0 Å². The minimum atomic E-state index is -0.778. The molecule has 22 heavy (non-hydrogen) atoms. The second-order valence-electron chi connectivity index (χ2n) is 5.79. The van der Waals surface area contributed by atoms with Crippen LogP contribution in [0.3, 0.4) is 0 Å². The number of amides is 1. The van der Waals surface area contributed by atoms with Gasteiger partial charge in [-0.05, 0) is 34.2 Å². The molecular weight excluding hydrogens is 393 g/mol. The highest BCUT2D eigenvalue weighted by atomic mass is 127. The number of carbonyl (C=O) groups excluding carboxylic acids is 3. The minimum absolute atomic E-state index is 0.0246. The first-order chi connectivity index (χ1) is 10.6. The molecule has 0 bridgehead atoms. The van der Waals surface area contributed by atoms with Crippen LogP contribution in [-0.2, 0) is 14.4 Å². The molecule has 1 fully saturated rings. The largest absolute Gasteiger partial charge is 0.317 e. The fraction of sp³-hybridized carbons (Fsp3) is 0.235. The number of ketones is 2. The fourth-order valence-corrected chi connectivity index (χ4v) is 4.83. The maximum absolute atomic E-state index is 12.6. The second-order valence-corrected chi connectivity index (χ2v) is 6.87. The van der Waals surface area contributed by atoms with Crippen molar-refractivity contribution in [2.75, 3.05) is 6.54 Å². The molecule has 1 saturated heterocycles. The number of rotatable bonds is 1. The average Bonchev–Trinajstić information content (AvgIpc) is 2.91. The summed E-state index contributed by atoms with van der Waals surface area (Å²) in [6.45, 7) is 0.0873. The van der Waals surface area contributed by atoms with Gasteiger partial charge in [-0.15, -0.1) is 0 Å². The molecule has 5 heteroatoms. The highest BCUT2D eigenvalue weighted by Gasteiger charge is 2.62. The van der Waals surface area contributed by atoms with Crippen LogP contribution in [0.25, 0.3) is 5.57 Å². The zero-order valence-electron chi connectivity index (χ0n) is 11.6. The van der Waals surface area contributed by atoms with E-state index >= 15 is 0 Å². The standard InChI is InChI=1S/C17H12INO3/c18-15-14(10-4-2-1-3-5-10)17-7-6-11(20)8-12(17)13(21)9-19(17)16(15)22/h1-7,12H,8-9H2/t12-,17+/m1/s1. The van der Waals surface area contributed by atoms with Crippen molar-refractivity contribution in [1.82, 2.24) is 4.90 Å². The van der Waals surface area contributed by atoms with E-state index in [9.17, 15) is 14.4 Å². The van der Waals surface area contributed by atoms with Crippen LogP contribution in [0, 0.1) is 5.92 Å². The van der Waals surface area contributed by atoms with Crippen LogP contribution in [0.1, 0.15) is 12.0 Å². The average molecular weight is 405 g/mol. The Labute approximate surface area is 141 Å². The summed E-state index contributed by atoms with van der Waals surface area (Å²) in [5.41, 5.74) is 1.01. The van der Waals surface area contributed by atoms with Crippen LogP contribution in [0.15, 0.2) is 46.1 Å². The summed E-state index contributed by atoms with van der Waals surface area (Å²) in [5.74, 6) is -0.651. The molecule has 1 aliphatic carbocycles. The van der Waals surface area contributed by atoms with E-state index in [1.807, 2.05) is 30.3 Å². The maximum Gasteiger partial charge on any atom is 0.261 e. The van der Waals surface area contributed by atoms with Crippen molar-refractivity contribution in [2.24, 2.45) is 5.92 Å². The Balaban J connectivity index is 2.00. The monoisotopic (exact) mass is 405 g/mol. The molecule has 3 aliphatic rings. The number of hydrogen-bond donors (Lipinski definition) is 0.